The molecule has 0 fully saturated rings. The van der Waals surface area contributed by atoms with Gasteiger partial charge in [-0.3, -0.25) is 4.79 Å². The molecule has 5 heteroatoms. The van der Waals surface area contributed by atoms with Crippen LogP contribution in [0, 0.1) is 11.3 Å². The van der Waals surface area contributed by atoms with Crippen molar-refractivity contribution in [3.63, 3.8) is 0 Å². The number of nitriles is 1. The molecule has 0 aliphatic heterocycles. The molecule has 0 aromatic carbocycles. The van der Waals surface area contributed by atoms with Gasteiger partial charge in [0.2, 0.25) is 0 Å². The average Bonchev–Trinajstić information content (AvgIpc) is 1.67. The summed E-state index contributed by atoms with van der Waals surface area (Å²) in [5, 5.41) is 15.5. The van der Waals surface area contributed by atoms with Gasteiger partial charge in [0.15, 0.2) is 0 Å². The third-order valence-corrected chi connectivity index (χ3v) is 0.230. The Morgan fingerprint density at radius 3 is 2.00 bits per heavy atom. The SMILES string of the molecule is ClCCl.N#CCC(=O)O. The molecule has 0 bridgehead atoms. The number of rotatable bonds is 1. The van der Waals surface area contributed by atoms with Gasteiger partial charge >= 0.3 is 5.97 Å². The first-order valence-electron chi connectivity index (χ1n) is 1.89. The van der Waals surface area contributed by atoms with Crippen LogP contribution in [0.2, 0.25) is 0 Å². The summed E-state index contributed by atoms with van der Waals surface area (Å²) in [5.41, 5.74) is 0. The lowest BCUT2D eigenvalue weighted by Crippen LogP contribution is -1.88. The minimum Gasteiger partial charge on any atom is -0.480 e. The van der Waals surface area contributed by atoms with Crippen LogP contribution >= 0.6 is 23.2 Å². The predicted octanol–water partition coefficient (Wildman–Crippen LogP) is 1.41. The molecule has 0 aromatic rings. The zero-order chi connectivity index (χ0) is 7.70. The van der Waals surface area contributed by atoms with Crippen LogP contribution in [-0.2, 0) is 4.79 Å². The van der Waals surface area contributed by atoms with Gasteiger partial charge in [0.1, 0.15) is 6.42 Å². The lowest BCUT2D eigenvalue weighted by atomic mass is 10.5. The maximum atomic E-state index is 9.38. The van der Waals surface area contributed by atoms with Crippen molar-refractivity contribution in [2.45, 2.75) is 6.42 Å². The number of alkyl halides is 2. The van der Waals surface area contributed by atoms with E-state index in [9.17, 15) is 4.79 Å². The molecular formula is C4H5Cl2NO2. The molecule has 0 aliphatic carbocycles. The molecule has 0 atom stereocenters. The van der Waals surface area contributed by atoms with E-state index in [2.05, 4.69) is 0 Å². The Bertz CT molecular complexity index is 110. The lowest BCUT2D eigenvalue weighted by molar-refractivity contribution is -0.135. The zero-order valence-corrected chi connectivity index (χ0v) is 5.98. The summed E-state index contributed by atoms with van der Waals surface area (Å²) < 4.78 is 0. The Balaban J connectivity index is 0. The van der Waals surface area contributed by atoms with Gasteiger partial charge in [-0.15, -0.1) is 23.2 Å². The van der Waals surface area contributed by atoms with Crippen LogP contribution in [0.4, 0.5) is 0 Å². The molecule has 0 heterocycles. The van der Waals surface area contributed by atoms with Crippen molar-refractivity contribution in [1.29, 1.82) is 5.26 Å². The molecule has 0 rings (SSSR count). The van der Waals surface area contributed by atoms with Crippen LogP contribution < -0.4 is 0 Å². The van der Waals surface area contributed by atoms with Gasteiger partial charge in [-0.05, 0) is 0 Å². The van der Waals surface area contributed by atoms with Gasteiger partial charge in [0.25, 0.3) is 0 Å². The van der Waals surface area contributed by atoms with Gasteiger partial charge in [-0.25, -0.2) is 0 Å². The van der Waals surface area contributed by atoms with Crippen LogP contribution in [0.1, 0.15) is 6.42 Å². The molecule has 0 unspecified atom stereocenters. The lowest BCUT2D eigenvalue weighted by Gasteiger charge is -1.70. The number of carboxylic acid groups (broad SMARTS) is 1. The van der Waals surface area contributed by atoms with Crippen molar-refractivity contribution in [2.24, 2.45) is 0 Å². The quantitative estimate of drug-likeness (QED) is 0.605. The second kappa shape index (κ2) is 10.5. The highest BCUT2D eigenvalue weighted by molar-refractivity contribution is 6.40. The summed E-state index contributed by atoms with van der Waals surface area (Å²) in [6, 6.07) is 1.47. The van der Waals surface area contributed by atoms with Crippen molar-refractivity contribution in [1.82, 2.24) is 0 Å². The Labute approximate surface area is 62.8 Å². The van der Waals surface area contributed by atoms with E-state index in [-0.39, 0.29) is 5.34 Å². The Morgan fingerprint density at radius 1 is 1.67 bits per heavy atom. The maximum absolute atomic E-state index is 9.38. The molecule has 0 saturated carbocycles. The molecule has 3 nitrogen and oxygen atoms in total. The highest BCUT2D eigenvalue weighted by atomic mass is 35.5. The summed E-state index contributed by atoms with van der Waals surface area (Å²) in [4.78, 5) is 9.38. The highest BCUT2D eigenvalue weighted by Crippen LogP contribution is 1.73. The maximum Gasteiger partial charge on any atom is 0.317 e. The van der Waals surface area contributed by atoms with Gasteiger partial charge in [0.05, 0.1) is 11.4 Å². The van der Waals surface area contributed by atoms with E-state index in [1.165, 1.54) is 6.07 Å². The van der Waals surface area contributed by atoms with Crippen LogP contribution in [0.15, 0.2) is 0 Å². The minimum absolute atomic E-state index is 0.194. The summed E-state index contributed by atoms with van der Waals surface area (Å²) >= 11 is 9.53. The van der Waals surface area contributed by atoms with Crippen molar-refractivity contribution in [2.75, 3.05) is 5.34 Å². The molecule has 0 saturated heterocycles. The van der Waals surface area contributed by atoms with E-state index in [1.807, 2.05) is 0 Å². The molecular weight excluding hydrogens is 165 g/mol. The van der Waals surface area contributed by atoms with Gasteiger partial charge in [-0.1, -0.05) is 0 Å². The second-order valence-electron chi connectivity index (χ2n) is 0.830. The number of carboxylic acids is 1. The van der Waals surface area contributed by atoms with E-state index >= 15 is 0 Å². The smallest absolute Gasteiger partial charge is 0.317 e. The number of hydrogen-bond donors (Lipinski definition) is 1. The number of hydrogen-bond acceptors (Lipinski definition) is 2. The van der Waals surface area contributed by atoms with Crippen LogP contribution in [0.25, 0.3) is 0 Å². The number of carbonyl (C=O) groups is 1. The topological polar surface area (TPSA) is 61.1 Å². The van der Waals surface area contributed by atoms with E-state index in [0.29, 0.717) is 0 Å². The van der Waals surface area contributed by atoms with Gasteiger partial charge < -0.3 is 5.11 Å². The summed E-state index contributed by atoms with van der Waals surface area (Å²) in [6.07, 6.45) is -0.403. The second-order valence-corrected chi connectivity index (χ2v) is 1.64. The fourth-order valence-corrected chi connectivity index (χ4v) is 0.0676. The highest BCUT2D eigenvalue weighted by Gasteiger charge is 1.87. The Kier molecular flexibility index (Phi) is 13.3. The first-order chi connectivity index (χ1) is 4.18. The Morgan fingerprint density at radius 2 is 2.00 bits per heavy atom. The third kappa shape index (κ3) is 35.9. The summed E-state index contributed by atoms with van der Waals surface area (Å²) in [5.74, 6) is -1.07. The monoisotopic (exact) mass is 169 g/mol. The largest absolute Gasteiger partial charge is 0.480 e. The molecule has 52 valence electrons. The number of halogens is 2. The molecule has 0 amide bonds. The fraction of sp³-hybridized carbons (Fsp3) is 0.500. The van der Waals surface area contributed by atoms with Crippen molar-refractivity contribution in [3.8, 4) is 6.07 Å². The fourth-order valence-electron chi connectivity index (χ4n) is 0.0676. The molecule has 9 heavy (non-hydrogen) atoms. The number of nitrogens with zero attached hydrogens (tertiary/aromatic N) is 1. The minimum atomic E-state index is -1.07. The zero-order valence-electron chi connectivity index (χ0n) is 4.47. The summed E-state index contributed by atoms with van der Waals surface area (Å²) in [7, 11) is 0. The van der Waals surface area contributed by atoms with Crippen LogP contribution in [0.5, 0.6) is 0 Å². The van der Waals surface area contributed by atoms with Crippen LogP contribution in [-0.4, -0.2) is 16.4 Å². The van der Waals surface area contributed by atoms with Crippen molar-refractivity contribution >= 4 is 29.2 Å². The van der Waals surface area contributed by atoms with Crippen molar-refractivity contribution < 1.29 is 9.90 Å². The standard InChI is InChI=1S/C3H3NO2.CH2Cl2/c4-2-1-3(5)6;2-1-3/h1H2,(H,5,6);1H2. The number of aliphatic carboxylic acids is 1. The third-order valence-electron chi connectivity index (χ3n) is 0.230. The normalized spacial score (nSPS) is 6.33. The average molecular weight is 170 g/mol. The van der Waals surface area contributed by atoms with Gasteiger partial charge in [-0.2, -0.15) is 5.26 Å². The molecule has 1 N–H and O–H groups in total. The van der Waals surface area contributed by atoms with Gasteiger partial charge in [0, 0.05) is 0 Å². The van der Waals surface area contributed by atoms with E-state index in [1.54, 1.807) is 0 Å². The Hall–Kier alpha value is -0.460. The summed E-state index contributed by atoms with van der Waals surface area (Å²) in [6.45, 7) is 0. The predicted molar refractivity (Wildman–Crippen MR) is 34.4 cm³/mol. The van der Waals surface area contributed by atoms with Crippen LogP contribution in [0.3, 0.4) is 0 Å². The molecule has 0 aromatic heterocycles. The molecule has 0 aliphatic rings. The molecule has 0 spiro atoms. The molecule has 0 radical (unpaired) electrons. The van der Waals surface area contributed by atoms with E-state index in [4.69, 9.17) is 33.6 Å². The first kappa shape index (κ1) is 11.4. The first-order valence-corrected chi connectivity index (χ1v) is 2.96. The van der Waals surface area contributed by atoms with Crippen molar-refractivity contribution in [3.05, 3.63) is 0 Å². The van der Waals surface area contributed by atoms with E-state index in [0.717, 1.165) is 0 Å². The van der Waals surface area contributed by atoms with E-state index < -0.39 is 12.4 Å².